The van der Waals surface area contributed by atoms with Crippen LogP contribution in [0.2, 0.25) is 0 Å². The Labute approximate surface area is 171 Å². The summed E-state index contributed by atoms with van der Waals surface area (Å²) in [7, 11) is -3.91. The molecule has 0 spiro atoms. The number of piperazine rings is 1. The Morgan fingerprint density at radius 1 is 1.07 bits per heavy atom. The fourth-order valence-corrected chi connectivity index (χ4v) is 5.38. The van der Waals surface area contributed by atoms with Crippen LogP contribution >= 0.6 is 0 Å². The molecule has 11 heteroatoms. The average molecular weight is 428 g/mol. The third kappa shape index (κ3) is 4.96. The van der Waals surface area contributed by atoms with Gasteiger partial charge in [0, 0.05) is 39.3 Å². The standard InChI is InChI=1S/C18H29N5O5S/c1-13-17(15(3)28-19-13)29(26,27)20-14(2)18(25)23-10-8-21(9-11-23)12-16(24)22-6-4-5-7-22/h14,20H,4-12H2,1-3H3/t14-/m0/s1. The third-order valence-corrected chi connectivity index (χ3v) is 7.22. The maximum absolute atomic E-state index is 12.7. The first-order valence-electron chi connectivity index (χ1n) is 9.93. The molecular weight excluding hydrogens is 398 g/mol. The normalized spacial score (nSPS) is 19.6. The van der Waals surface area contributed by atoms with E-state index in [0.717, 1.165) is 25.9 Å². The molecular formula is C18H29N5O5S. The number of carbonyl (C=O) groups excluding carboxylic acids is 2. The van der Waals surface area contributed by atoms with Crippen molar-refractivity contribution in [2.45, 2.75) is 44.6 Å². The smallest absolute Gasteiger partial charge is 0.246 e. The Hall–Kier alpha value is -1.98. The van der Waals surface area contributed by atoms with E-state index in [-0.39, 0.29) is 28.2 Å². The number of aromatic nitrogens is 1. The highest BCUT2D eigenvalue weighted by atomic mass is 32.2. The second-order valence-electron chi connectivity index (χ2n) is 7.69. The van der Waals surface area contributed by atoms with Gasteiger partial charge in [-0.3, -0.25) is 14.5 Å². The number of amides is 2. The van der Waals surface area contributed by atoms with Gasteiger partial charge in [0.1, 0.15) is 10.6 Å². The molecule has 2 fully saturated rings. The van der Waals surface area contributed by atoms with Crippen LogP contribution < -0.4 is 4.72 Å². The molecule has 0 aromatic carbocycles. The summed E-state index contributed by atoms with van der Waals surface area (Å²) in [6, 6.07) is -0.911. The number of rotatable bonds is 6. The molecule has 2 amide bonds. The summed E-state index contributed by atoms with van der Waals surface area (Å²) >= 11 is 0. The lowest BCUT2D eigenvalue weighted by Crippen LogP contribution is -2.55. The molecule has 3 rings (SSSR count). The first kappa shape index (κ1) is 21.7. The molecule has 0 radical (unpaired) electrons. The van der Waals surface area contributed by atoms with E-state index in [1.54, 1.807) is 11.8 Å². The van der Waals surface area contributed by atoms with Crippen molar-refractivity contribution in [3.63, 3.8) is 0 Å². The van der Waals surface area contributed by atoms with E-state index in [9.17, 15) is 18.0 Å². The van der Waals surface area contributed by atoms with E-state index in [1.807, 2.05) is 9.80 Å². The van der Waals surface area contributed by atoms with E-state index < -0.39 is 16.1 Å². The largest absolute Gasteiger partial charge is 0.360 e. The molecule has 1 N–H and O–H groups in total. The second-order valence-corrected chi connectivity index (χ2v) is 9.34. The molecule has 1 atom stereocenters. The molecule has 0 unspecified atom stereocenters. The quantitative estimate of drug-likeness (QED) is 0.664. The third-order valence-electron chi connectivity index (χ3n) is 5.44. The van der Waals surface area contributed by atoms with Gasteiger partial charge in [0.2, 0.25) is 21.8 Å². The number of nitrogens with zero attached hydrogens (tertiary/aromatic N) is 4. The number of nitrogens with one attached hydrogen (secondary N) is 1. The van der Waals surface area contributed by atoms with Crippen LogP contribution in [0.25, 0.3) is 0 Å². The van der Waals surface area contributed by atoms with E-state index >= 15 is 0 Å². The zero-order valence-corrected chi connectivity index (χ0v) is 18.0. The van der Waals surface area contributed by atoms with Gasteiger partial charge in [-0.15, -0.1) is 0 Å². The van der Waals surface area contributed by atoms with Gasteiger partial charge in [0.05, 0.1) is 12.6 Å². The predicted octanol–water partition coefficient (Wildman–Crippen LogP) is -0.275. The van der Waals surface area contributed by atoms with Crippen LogP contribution in [0, 0.1) is 13.8 Å². The number of aryl methyl sites for hydroxylation is 2. The van der Waals surface area contributed by atoms with Crippen molar-refractivity contribution in [3.8, 4) is 0 Å². The minimum Gasteiger partial charge on any atom is -0.360 e. The molecule has 1 aromatic rings. The molecule has 29 heavy (non-hydrogen) atoms. The van der Waals surface area contributed by atoms with Gasteiger partial charge in [-0.1, -0.05) is 5.16 Å². The van der Waals surface area contributed by atoms with Crippen LogP contribution in [0.15, 0.2) is 9.42 Å². The topological polar surface area (TPSA) is 116 Å². The zero-order chi connectivity index (χ0) is 21.2. The van der Waals surface area contributed by atoms with Gasteiger partial charge in [-0.05, 0) is 33.6 Å². The molecule has 2 saturated heterocycles. The fourth-order valence-electron chi connectivity index (χ4n) is 3.86. The van der Waals surface area contributed by atoms with Crippen LogP contribution in [-0.4, -0.2) is 91.9 Å². The molecule has 162 valence electrons. The van der Waals surface area contributed by atoms with E-state index in [2.05, 4.69) is 9.88 Å². The Balaban J connectivity index is 1.51. The lowest BCUT2D eigenvalue weighted by molar-refractivity contribution is -0.135. The Morgan fingerprint density at radius 3 is 2.24 bits per heavy atom. The summed E-state index contributed by atoms with van der Waals surface area (Å²) in [6.45, 7) is 8.73. The number of hydrogen-bond acceptors (Lipinski definition) is 7. The highest BCUT2D eigenvalue weighted by Crippen LogP contribution is 2.19. The minimum atomic E-state index is -3.91. The van der Waals surface area contributed by atoms with E-state index in [1.165, 1.54) is 13.8 Å². The van der Waals surface area contributed by atoms with Crippen molar-refractivity contribution in [1.82, 2.24) is 24.6 Å². The Kier molecular flexibility index (Phi) is 6.59. The lowest BCUT2D eigenvalue weighted by Gasteiger charge is -2.36. The number of sulfonamides is 1. The maximum Gasteiger partial charge on any atom is 0.246 e. The fraction of sp³-hybridized carbons (Fsp3) is 0.722. The Bertz CT molecular complexity index is 834. The summed E-state index contributed by atoms with van der Waals surface area (Å²) in [5, 5.41) is 3.66. The first-order chi connectivity index (χ1) is 13.7. The zero-order valence-electron chi connectivity index (χ0n) is 17.2. The van der Waals surface area contributed by atoms with Crippen molar-refractivity contribution in [3.05, 3.63) is 11.5 Å². The van der Waals surface area contributed by atoms with Gasteiger partial charge >= 0.3 is 0 Å². The number of likely N-dealkylation sites (tertiary alicyclic amines) is 1. The molecule has 0 bridgehead atoms. The number of hydrogen-bond donors (Lipinski definition) is 1. The summed E-state index contributed by atoms with van der Waals surface area (Å²) in [5.74, 6) is 0.0413. The van der Waals surface area contributed by atoms with Crippen molar-refractivity contribution in [2.24, 2.45) is 0 Å². The monoisotopic (exact) mass is 427 g/mol. The van der Waals surface area contributed by atoms with Crippen molar-refractivity contribution in [2.75, 3.05) is 45.8 Å². The van der Waals surface area contributed by atoms with Gasteiger partial charge in [-0.25, -0.2) is 8.42 Å². The second kappa shape index (κ2) is 8.80. The first-order valence-corrected chi connectivity index (χ1v) is 11.4. The highest BCUT2D eigenvalue weighted by molar-refractivity contribution is 7.89. The molecule has 2 aliphatic rings. The molecule has 1 aromatic heterocycles. The average Bonchev–Trinajstić information content (AvgIpc) is 3.31. The van der Waals surface area contributed by atoms with E-state index in [4.69, 9.17) is 4.52 Å². The molecule has 0 saturated carbocycles. The van der Waals surface area contributed by atoms with E-state index in [0.29, 0.717) is 32.7 Å². The van der Waals surface area contributed by atoms with Gasteiger partial charge in [0.25, 0.3) is 0 Å². The number of carbonyl (C=O) groups is 2. The minimum absolute atomic E-state index is 0.0256. The van der Waals surface area contributed by atoms with Gasteiger partial charge in [0.15, 0.2) is 5.76 Å². The van der Waals surface area contributed by atoms with Crippen LogP contribution in [0.5, 0.6) is 0 Å². The lowest BCUT2D eigenvalue weighted by atomic mass is 10.2. The van der Waals surface area contributed by atoms with Crippen LogP contribution in [0.3, 0.4) is 0 Å². The van der Waals surface area contributed by atoms with Gasteiger partial charge < -0.3 is 14.3 Å². The van der Waals surface area contributed by atoms with Crippen molar-refractivity contribution < 1.29 is 22.5 Å². The van der Waals surface area contributed by atoms with Crippen LogP contribution in [0.4, 0.5) is 0 Å². The summed E-state index contributed by atoms with van der Waals surface area (Å²) in [6.07, 6.45) is 2.13. The molecule has 3 heterocycles. The molecule has 10 nitrogen and oxygen atoms in total. The summed E-state index contributed by atoms with van der Waals surface area (Å²) in [5.41, 5.74) is 0.255. The Morgan fingerprint density at radius 2 is 1.69 bits per heavy atom. The SMILES string of the molecule is Cc1noc(C)c1S(=O)(=O)N[C@@H](C)C(=O)N1CCN(CC(=O)N2CCCC2)CC1. The van der Waals surface area contributed by atoms with Gasteiger partial charge in [-0.2, -0.15) is 4.72 Å². The van der Waals surface area contributed by atoms with Crippen molar-refractivity contribution in [1.29, 1.82) is 0 Å². The summed E-state index contributed by atoms with van der Waals surface area (Å²) < 4.78 is 32.5. The molecule has 2 aliphatic heterocycles. The van der Waals surface area contributed by atoms with Crippen molar-refractivity contribution >= 4 is 21.8 Å². The molecule has 0 aliphatic carbocycles. The van der Waals surface area contributed by atoms with Crippen LogP contribution in [0.1, 0.15) is 31.2 Å². The maximum atomic E-state index is 12.7. The van der Waals surface area contributed by atoms with Crippen LogP contribution in [-0.2, 0) is 19.6 Å². The predicted molar refractivity (Wildman–Crippen MR) is 105 cm³/mol. The summed E-state index contributed by atoms with van der Waals surface area (Å²) in [4.78, 5) is 30.5. The highest BCUT2D eigenvalue weighted by Gasteiger charge is 2.32.